The second-order valence-electron chi connectivity index (χ2n) is 3.54. The molecule has 0 aliphatic heterocycles. The third kappa shape index (κ3) is 7.30. The van der Waals surface area contributed by atoms with Gasteiger partial charge >= 0.3 is 0 Å². The van der Waals surface area contributed by atoms with Crippen molar-refractivity contribution in [2.45, 2.75) is 38.8 Å². The summed E-state index contributed by atoms with van der Waals surface area (Å²) < 4.78 is 0. The predicted molar refractivity (Wildman–Crippen MR) is 50.0 cm³/mol. The first-order chi connectivity index (χ1) is 5.33. The Morgan fingerprint density at radius 2 is 1.08 bits per heavy atom. The van der Waals surface area contributed by atoms with Crippen LogP contribution in [0.1, 0.15) is 27.7 Å². The molecule has 4 nitrogen and oxygen atoms in total. The smallest absolute Gasteiger partial charge is 0.162 e. The van der Waals surface area contributed by atoms with Gasteiger partial charge in [-0.25, -0.2) is 0 Å². The molecule has 0 aromatic heterocycles. The summed E-state index contributed by atoms with van der Waals surface area (Å²) in [6.45, 7) is 6.57. The van der Waals surface area contributed by atoms with Crippen LogP contribution in [0.5, 0.6) is 0 Å². The molecule has 0 aromatic carbocycles. The van der Waals surface area contributed by atoms with Gasteiger partial charge in [-0.2, -0.15) is 20.8 Å². The fourth-order valence-corrected chi connectivity index (χ4v) is 0.295. The third-order valence-electron chi connectivity index (χ3n) is 1.10. The molecular formula is C8H12KN4. The van der Waals surface area contributed by atoms with Crippen molar-refractivity contribution in [3.63, 3.8) is 0 Å². The van der Waals surface area contributed by atoms with E-state index in [1.165, 1.54) is 0 Å². The maximum Gasteiger partial charge on any atom is 0.162 e. The number of hydrogen-bond acceptors (Lipinski definition) is 4. The van der Waals surface area contributed by atoms with E-state index in [0.717, 1.165) is 0 Å². The fraction of sp³-hybridized carbons (Fsp3) is 0.750. The van der Waals surface area contributed by atoms with Gasteiger partial charge < -0.3 is 0 Å². The van der Waals surface area contributed by atoms with Crippen LogP contribution in [0.2, 0.25) is 0 Å². The van der Waals surface area contributed by atoms with Crippen molar-refractivity contribution >= 4 is 51.4 Å². The van der Waals surface area contributed by atoms with Crippen LogP contribution in [0.25, 0.3) is 0 Å². The van der Waals surface area contributed by atoms with Crippen LogP contribution >= 0.6 is 0 Å². The van der Waals surface area contributed by atoms with Gasteiger partial charge in [0.15, 0.2) is 11.1 Å². The monoisotopic (exact) mass is 203 g/mol. The number of rotatable bonds is 2. The van der Waals surface area contributed by atoms with Gasteiger partial charge in [-0.15, -0.1) is 0 Å². The van der Waals surface area contributed by atoms with Crippen molar-refractivity contribution in [1.82, 2.24) is 0 Å². The molecule has 0 fully saturated rings. The van der Waals surface area contributed by atoms with E-state index in [9.17, 15) is 0 Å². The summed E-state index contributed by atoms with van der Waals surface area (Å²) in [7, 11) is 0. The molecule has 0 N–H and O–H groups in total. The van der Waals surface area contributed by atoms with Crippen molar-refractivity contribution in [3.05, 3.63) is 0 Å². The van der Waals surface area contributed by atoms with Crippen molar-refractivity contribution in [3.8, 4) is 12.1 Å². The molecule has 0 atom stereocenters. The normalized spacial score (nSPS) is 11.5. The topological polar surface area (TPSA) is 72.3 Å². The summed E-state index contributed by atoms with van der Waals surface area (Å²) in [6, 6.07) is 3.94. The Morgan fingerprint density at radius 3 is 1.23 bits per heavy atom. The van der Waals surface area contributed by atoms with Crippen LogP contribution in [0, 0.1) is 22.7 Å². The van der Waals surface area contributed by atoms with Crippen molar-refractivity contribution in [1.29, 1.82) is 10.5 Å². The van der Waals surface area contributed by atoms with E-state index >= 15 is 0 Å². The Hall–Kier alpha value is 0.216. The van der Waals surface area contributed by atoms with Gasteiger partial charge in [0.25, 0.3) is 0 Å². The van der Waals surface area contributed by atoms with Crippen LogP contribution in [0.3, 0.4) is 0 Å². The maximum atomic E-state index is 8.58. The summed E-state index contributed by atoms with van der Waals surface area (Å²) in [4.78, 5) is 0. The molecular weight excluding hydrogens is 191 g/mol. The zero-order valence-electron chi connectivity index (χ0n) is 8.79. The van der Waals surface area contributed by atoms with E-state index in [-0.39, 0.29) is 51.4 Å². The average Bonchev–Trinajstić information content (AvgIpc) is 2.02. The quantitative estimate of drug-likeness (QED) is 0.505. The van der Waals surface area contributed by atoms with Crippen LogP contribution in [-0.4, -0.2) is 62.5 Å². The Kier molecular flexibility index (Phi) is 7.05. The molecule has 1 radical (unpaired) electrons. The number of azo groups is 1. The van der Waals surface area contributed by atoms with E-state index in [1.54, 1.807) is 27.7 Å². The van der Waals surface area contributed by atoms with Gasteiger partial charge in [0.2, 0.25) is 0 Å². The summed E-state index contributed by atoms with van der Waals surface area (Å²) in [5.41, 5.74) is -1.68. The Bertz CT molecular complexity index is 239. The van der Waals surface area contributed by atoms with Crippen LogP contribution < -0.4 is 0 Å². The Balaban J connectivity index is 0. The van der Waals surface area contributed by atoms with Gasteiger partial charge in [0, 0.05) is 51.4 Å². The molecule has 65 valence electrons. The Morgan fingerprint density at radius 1 is 0.846 bits per heavy atom. The van der Waals surface area contributed by atoms with Gasteiger partial charge in [-0.3, -0.25) is 0 Å². The maximum absolute atomic E-state index is 8.58. The van der Waals surface area contributed by atoms with E-state index < -0.39 is 11.1 Å². The second-order valence-corrected chi connectivity index (χ2v) is 3.54. The molecule has 0 spiro atoms. The van der Waals surface area contributed by atoms with E-state index in [0.29, 0.717) is 0 Å². The minimum atomic E-state index is -0.839. The number of nitriles is 2. The minimum absolute atomic E-state index is 0. The number of hydrogen-bond donors (Lipinski definition) is 0. The molecule has 0 saturated carbocycles. The summed E-state index contributed by atoms with van der Waals surface area (Å²) in [5.74, 6) is 0. The summed E-state index contributed by atoms with van der Waals surface area (Å²) in [6.07, 6.45) is 0. The standard InChI is InChI=1S/C8H12N4.K/c1-7(2,5-9)11-12-8(3,4)6-10;/h1-4H3;. The van der Waals surface area contributed by atoms with Crippen molar-refractivity contribution in [2.24, 2.45) is 10.2 Å². The largest absolute Gasteiger partial charge is 0.196 e. The second kappa shape index (κ2) is 5.84. The van der Waals surface area contributed by atoms with Gasteiger partial charge in [-0.05, 0) is 27.7 Å². The molecule has 0 aromatic rings. The van der Waals surface area contributed by atoms with E-state index in [1.807, 2.05) is 12.1 Å². The first kappa shape index (κ1) is 15.7. The van der Waals surface area contributed by atoms with Crippen molar-refractivity contribution in [2.75, 3.05) is 0 Å². The minimum Gasteiger partial charge on any atom is -0.196 e. The third-order valence-corrected chi connectivity index (χ3v) is 1.10. The predicted octanol–water partition coefficient (Wildman–Crippen LogP) is 1.66. The average molecular weight is 203 g/mol. The Labute approximate surface area is 121 Å². The van der Waals surface area contributed by atoms with Gasteiger partial charge in [-0.1, -0.05) is 0 Å². The molecule has 0 amide bonds. The summed E-state index contributed by atoms with van der Waals surface area (Å²) >= 11 is 0. The molecule has 0 aliphatic carbocycles. The molecule has 13 heavy (non-hydrogen) atoms. The SMILES string of the molecule is CC(C)(C#N)N=NC(C)(C)C#N.[K]. The zero-order chi connectivity index (χ0) is 9.83. The fourth-order valence-electron chi connectivity index (χ4n) is 0.295. The van der Waals surface area contributed by atoms with Crippen LogP contribution in [-0.2, 0) is 0 Å². The molecule has 0 bridgehead atoms. The zero-order valence-corrected chi connectivity index (χ0v) is 11.9. The first-order valence-electron chi connectivity index (χ1n) is 3.59. The molecule has 0 rings (SSSR count). The molecule has 0 heterocycles. The first-order valence-corrected chi connectivity index (χ1v) is 3.59. The molecule has 0 unspecified atom stereocenters. The van der Waals surface area contributed by atoms with Crippen molar-refractivity contribution < 1.29 is 0 Å². The van der Waals surface area contributed by atoms with Crippen LogP contribution in [0.4, 0.5) is 0 Å². The number of nitrogens with zero attached hydrogens (tertiary/aromatic N) is 4. The van der Waals surface area contributed by atoms with E-state index in [4.69, 9.17) is 10.5 Å². The van der Waals surface area contributed by atoms with Gasteiger partial charge in [0.1, 0.15) is 0 Å². The van der Waals surface area contributed by atoms with E-state index in [2.05, 4.69) is 10.2 Å². The summed E-state index contributed by atoms with van der Waals surface area (Å²) in [5, 5.41) is 24.7. The molecule has 0 aliphatic rings. The molecule has 0 saturated heterocycles. The van der Waals surface area contributed by atoms with Crippen LogP contribution in [0.15, 0.2) is 10.2 Å². The van der Waals surface area contributed by atoms with Gasteiger partial charge in [0.05, 0.1) is 12.1 Å². The molecule has 5 heteroatoms.